The Morgan fingerprint density at radius 3 is 2.62 bits per heavy atom. The first-order valence-electron chi connectivity index (χ1n) is 6.81. The Labute approximate surface area is 120 Å². The molecule has 1 aromatic carbocycles. The lowest BCUT2D eigenvalue weighted by Gasteiger charge is -2.14. The summed E-state index contributed by atoms with van der Waals surface area (Å²) in [6.45, 7) is 0. The van der Waals surface area contributed by atoms with Crippen molar-refractivity contribution in [3.63, 3.8) is 0 Å². The van der Waals surface area contributed by atoms with E-state index in [1.165, 1.54) is 12.1 Å². The topological polar surface area (TPSA) is 52.0 Å². The fraction of sp³-hybridized carbons (Fsp3) is 0.400. The summed E-state index contributed by atoms with van der Waals surface area (Å²) >= 11 is 0. The zero-order chi connectivity index (χ0) is 15.0. The fourth-order valence-corrected chi connectivity index (χ4v) is 2.52. The van der Waals surface area contributed by atoms with Crippen LogP contribution in [0.1, 0.15) is 34.9 Å². The van der Waals surface area contributed by atoms with E-state index in [0.717, 1.165) is 42.0 Å². The van der Waals surface area contributed by atoms with E-state index in [1.54, 1.807) is 0 Å². The van der Waals surface area contributed by atoms with E-state index in [4.69, 9.17) is 10.2 Å². The number of fused-ring (bicyclic) bond motifs is 1. The van der Waals surface area contributed by atoms with E-state index in [1.807, 2.05) is 0 Å². The molecule has 6 heteroatoms. The lowest BCUT2D eigenvalue weighted by atomic mass is 9.98. The van der Waals surface area contributed by atoms with Crippen molar-refractivity contribution >= 4 is 0 Å². The van der Waals surface area contributed by atoms with E-state index in [-0.39, 0.29) is 6.04 Å². The second-order valence-electron chi connectivity index (χ2n) is 5.35. The minimum atomic E-state index is -4.31. The largest absolute Gasteiger partial charge is 0.445 e. The first-order chi connectivity index (χ1) is 9.91. The number of oxazole rings is 1. The molecule has 1 atom stereocenters. The van der Waals surface area contributed by atoms with Crippen LogP contribution in [0.2, 0.25) is 0 Å². The van der Waals surface area contributed by atoms with Crippen molar-refractivity contribution < 1.29 is 17.6 Å². The van der Waals surface area contributed by atoms with Gasteiger partial charge in [-0.1, -0.05) is 12.1 Å². The lowest BCUT2D eigenvalue weighted by Crippen LogP contribution is -2.27. The number of alkyl halides is 3. The van der Waals surface area contributed by atoms with Crippen LogP contribution < -0.4 is 5.73 Å². The van der Waals surface area contributed by atoms with Crippen LogP contribution in [-0.2, 0) is 25.4 Å². The molecular formula is C15H15F3N2O. The predicted octanol–water partition coefficient (Wildman–Crippen LogP) is 3.10. The molecule has 1 unspecified atom stereocenters. The Bertz CT molecular complexity index is 631. The molecule has 21 heavy (non-hydrogen) atoms. The molecule has 1 aliphatic rings. The predicted molar refractivity (Wildman–Crippen MR) is 70.8 cm³/mol. The molecule has 1 heterocycles. The van der Waals surface area contributed by atoms with Crippen molar-refractivity contribution in [1.82, 2.24) is 4.98 Å². The SMILES string of the molecule is NC1CCc2nc(Cc3ccc(C(F)(F)F)cc3)oc2C1. The van der Waals surface area contributed by atoms with Gasteiger partial charge in [0, 0.05) is 18.9 Å². The van der Waals surface area contributed by atoms with Gasteiger partial charge in [-0.15, -0.1) is 0 Å². The summed E-state index contributed by atoms with van der Waals surface area (Å²) in [4.78, 5) is 4.41. The average Bonchev–Trinajstić information content (AvgIpc) is 2.79. The number of rotatable bonds is 2. The Morgan fingerprint density at radius 1 is 1.24 bits per heavy atom. The monoisotopic (exact) mass is 296 g/mol. The average molecular weight is 296 g/mol. The molecule has 2 N–H and O–H groups in total. The Kier molecular flexibility index (Phi) is 3.49. The molecule has 0 amide bonds. The van der Waals surface area contributed by atoms with Gasteiger partial charge in [-0.2, -0.15) is 13.2 Å². The third-order valence-corrected chi connectivity index (χ3v) is 3.66. The summed E-state index contributed by atoms with van der Waals surface area (Å²) < 4.78 is 43.2. The third kappa shape index (κ3) is 3.10. The first-order valence-corrected chi connectivity index (χ1v) is 6.81. The molecule has 0 saturated heterocycles. The number of hydrogen-bond acceptors (Lipinski definition) is 3. The molecular weight excluding hydrogens is 281 g/mol. The maximum Gasteiger partial charge on any atom is 0.416 e. The number of benzene rings is 1. The van der Waals surface area contributed by atoms with E-state index in [2.05, 4.69) is 4.98 Å². The summed E-state index contributed by atoms with van der Waals surface area (Å²) in [6.07, 6.45) is -1.56. The van der Waals surface area contributed by atoms with Crippen molar-refractivity contribution in [3.8, 4) is 0 Å². The first kappa shape index (κ1) is 14.1. The van der Waals surface area contributed by atoms with Crippen LogP contribution in [0.3, 0.4) is 0 Å². The second-order valence-corrected chi connectivity index (χ2v) is 5.35. The van der Waals surface area contributed by atoms with Crippen molar-refractivity contribution in [2.75, 3.05) is 0 Å². The smallest absolute Gasteiger partial charge is 0.416 e. The summed E-state index contributed by atoms with van der Waals surface area (Å²) in [5.74, 6) is 1.35. The molecule has 0 aliphatic heterocycles. The number of nitrogens with zero attached hydrogens (tertiary/aromatic N) is 1. The van der Waals surface area contributed by atoms with Gasteiger partial charge >= 0.3 is 6.18 Å². The molecule has 2 aromatic rings. The molecule has 0 fully saturated rings. The van der Waals surface area contributed by atoms with Crippen LogP contribution in [0.15, 0.2) is 28.7 Å². The van der Waals surface area contributed by atoms with Crippen LogP contribution >= 0.6 is 0 Å². The second kappa shape index (κ2) is 5.18. The highest BCUT2D eigenvalue weighted by atomic mass is 19.4. The molecule has 1 aliphatic carbocycles. The highest BCUT2D eigenvalue weighted by Gasteiger charge is 2.30. The Balaban J connectivity index is 1.75. The number of halogens is 3. The minimum absolute atomic E-state index is 0.101. The van der Waals surface area contributed by atoms with Crippen LogP contribution in [0.25, 0.3) is 0 Å². The minimum Gasteiger partial charge on any atom is -0.445 e. The highest BCUT2D eigenvalue weighted by Crippen LogP contribution is 2.29. The Hall–Kier alpha value is -1.82. The third-order valence-electron chi connectivity index (χ3n) is 3.66. The van der Waals surface area contributed by atoms with Crippen LogP contribution in [0.4, 0.5) is 13.2 Å². The van der Waals surface area contributed by atoms with Gasteiger partial charge < -0.3 is 10.2 Å². The van der Waals surface area contributed by atoms with E-state index in [0.29, 0.717) is 18.7 Å². The van der Waals surface area contributed by atoms with Gasteiger partial charge in [0.1, 0.15) is 5.76 Å². The van der Waals surface area contributed by atoms with Crippen molar-refractivity contribution in [1.29, 1.82) is 0 Å². The molecule has 0 spiro atoms. The molecule has 3 rings (SSSR count). The summed E-state index contributed by atoms with van der Waals surface area (Å²) in [7, 11) is 0. The van der Waals surface area contributed by atoms with Crippen molar-refractivity contribution in [3.05, 3.63) is 52.7 Å². The highest BCUT2D eigenvalue weighted by molar-refractivity contribution is 5.27. The van der Waals surface area contributed by atoms with E-state index in [9.17, 15) is 13.2 Å². The van der Waals surface area contributed by atoms with Crippen LogP contribution in [0.5, 0.6) is 0 Å². The summed E-state index contributed by atoms with van der Waals surface area (Å²) in [5, 5.41) is 0. The lowest BCUT2D eigenvalue weighted by molar-refractivity contribution is -0.137. The van der Waals surface area contributed by atoms with Gasteiger partial charge in [-0.25, -0.2) is 4.98 Å². The van der Waals surface area contributed by atoms with Crippen LogP contribution in [-0.4, -0.2) is 11.0 Å². The Morgan fingerprint density at radius 2 is 1.95 bits per heavy atom. The van der Waals surface area contributed by atoms with E-state index >= 15 is 0 Å². The number of aryl methyl sites for hydroxylation is 1. The number of nitrogens with two attached hydrogens (primary N) is 1. The zero-order valence-electron chi connectivity index (χ0n) is 11.3. The van der Waals surface area contributed by atoms with Gasteiger partial charge in [0.25, 0.3) is 0 Å². The van der Waals surface area contributed by atoms with Gasteiger partial charge in [-0.3, -0.25) is 0 Å². The number of hydrogen-bond donors (Lipinski definition) is 1. The molecule has 3 nitrogen and oxygen atoms in total. The summed E-state index contributed by atoms with van der Waals surface area (Å²) in [6, 6.07) is 5.17. The fourth-order valence-electron chi connectivity index (χ4n) is 2.52. The molecule has 112 valence electrons. The van der Waals surface area contributed by atoms with Gasteiger partial charge in [-0.05, 0) is 30.5 Å². The van der Waals surface area contributed by atoms with Gasteiger partial charge in [0.2, 0.25) is 0 Å². The van der Waals surface area contributed by atoms with Gasteiger partial charge in [0.05, 0.1) is 11.3 Å². The quantitative estimate of drug-likeness (QED) is 0.926. The molecule has 1 aromatic heterocycles. The normalized spacial score (nSPS) is 18.6. The molecule has 0 bridgehead atoms. The number of aromatic nitrogens is 1. The molecule has 0 saturated carbocycles. The van der Waals surface area contributed by atoms with Crippen molar-refractivity contribution in [2.24, 2.45) is 5.73 Å². The van der Waals surface area contributed by atoms with Crippen LogP contribution in [0, 0.1) is 0 Å². The standard InChI is InChI=1S/C15H15F3N2O/c16-15(17,18)10-3-1-9(2-4-10)7-14-20-12-6-5-11(19)8-13(12)21-14/h1-4,11H,5-8,19H2. The summed E-state index contributed by atoms with van der Waals surface area (Å²) in [5.41, 5.74) is 6.90. The maximum absolute atomic E-state index is 12.5. The van der Waals surface area contributed by atoms with Gasteiger partial charge in [0.15, 0.2) is 5.89 Å². The maximum atomic E-state index is 12.5. The van der Waals surface area contributed by atoms with Crippen molar-refractivity contribution in [2.45, 2.75) is 37.9 Å². The van der Waals surface area contributed by atoms with E-state index < -0.39 is 11.7 Å². The molecule has 0 radical (unpaired) electrons. The zero-order valence-corrected chi connectivity index (χ0v) is 11.3.